The molecule has 116 valence electrons. The van der Waals surface area contributed by atoms with Gasteiger partial charge in [-0.25, -0.2) is 0 Å². The molecule has 2 aromatic carbocycles. The predicted octanol–water partition coefficient (Wildman–Crippen LogP) is 6.07. The van der Waals surface area contributed by atoms with Gasteiger partial charge in [-0.1, -0.05) is 59.7 Å². The number of hydrogen-bond donors (Lipinski definition) is 0. The average Bonchev–Trinajstić information content (AvgIpc) is 2.45. The van der Waals surface area contributed by atoms with Gasteiger partial charge in [0.25, 0.3) is 0 Å². The van der Waals surface area contributed by atoms with Crippen LogP contribution in [0.25, 0.3) is 0 Å². The second-order valence-electron chi connectivity index (χ2n) is 6.21. The van der Waals surface area contributed by atoms with E-state index in [1.807, 2.05) is 0 Å². The largest absolute Gasteiger partial charge is 0.365 e. The Labute approximate surface area is 142 Å². The fraction of sp³-hybridized carbons (Fsp3) is 0.368. The molecule has 0 saturated carbocycles. The van der Waals surface area contributed by atoms with E-state index >= 15 is 0 Å². The Hall–Kier alpha value is -1.02. The lowest BCUT2D eigenvalue weighted by atomic mass is 9.93. The van der Waals surface area contributed by atoms with Gasteiger partial charge >= 0.3 is 0 Å². The van der Waals surface area contributed by atoms with Crippen LogP contribution >= 0.6 is 23.2 Å². The van der Waals surface area contributed by atoms with Crippen molar-refractivity contribution in [1.29, 1.82) is 0 Å². The molecule has 0 spiro atoms. The Morgan fingerprint density at radius 1 is 0.864 bits per heavy atom. The van der Waals surface area contributed by atoms with Gasteiger partial charge in [0.15, 0.2) is 0 Å². The first kappa shape index (κ1) is 15.9. The van der Waals surface area contributed by atoms with Crippen molar-refractivity contribution in [3.63, 3.8) is 0 Å². The molecular weight excluding hydrogens is 315 g/mol. The summed E-state index contributed by atoms with van der Waals surface area (Å²) in [4.78, 5) is 0. The zero-order chi connectivity index (χ0) is 15.7. The SMILES string of the molecule is Cc1cccc([C@@H]2CC(Cl)(Cl)C[C@H](c3cccc(C)c3)O2)c1. The molecule has 2 aromatic rings. The molecule has 0 aliphatic carbocycles. The maximum Gasteiger partial charge on any atom is 0.123 e. The van der Waals surface area contributed by atoms with E-state index in [2.05, 4.69) is 62.4 Å². The van der Waals surface area contributed by atoms with Crippen LogP contribution in [0.15, 0.2) is 48.5 Å². The topological polar surface area (TPSA) is 9.23 Å². The number of hydrogen-bond acceptors (Lipinski definition) is 1. The van der Waals surface area contributed by atoms with Gasteiger partial charge in [0.2, 0.25) is 0 Å². The molecular formula is C19H20Cl2O. The van der Waals surface area contributed by atoms with Gasteiger partial charge in [0.1, 0.15) is 4.33 Å². The van der Waals surface area contributed by atoms with Crippen LogP contribution in [-0.4, -0.2) is 4.33 Å². The molecule has 0 bridgehead atoms. The minimum absolute atomic E-state index is 0.0748. The maximum atomic E-state index is 6.53. The summed E-state index contributed by atoms with van der Waals surface area (Å²) >= 11 is 13.1. The van der Waals surface area contributed by atoms with Gasteiger partial charge in [-0.05, 0) is 25.0 Å². The minimum Gasteiger partial charge on any atom is -0.365 e. The summed E-state index contributed by atoms with van der Waals surface area (Å²) < 4.78 is 5.57. The highest BCUT2D eigenvalue weighted by Gasteiger charge is 2.39. The van der Waals surface area contributed by atoms with Gasteiger partial charge < -0.3 is 4.74 Å². The van der Waals surface area contributed by atoms with E-state index in [0.717, 1.165) is 11.1 Å². The van der Waals surface area contributed by atoms with Crippen LogP contribution in [0, 0.1) is 13.8 Å². The van der Waals surface area contributed by atoms with Crippen LogP contribution < -0.4 is 0 Å². The molecule has 3 heteroatoms. The molecule has 1 aliphatic heterocycles. The summed E-state index contributed by atoms with van der Waals surface area (Å²) in [7, 11) is 0. The van der Waals surface area contributed by atoms with Crippen molar-refractivity contribution in [2.45, 2.75) is 43.2 Å². The molecule has 1 aliphatic rings. The zero-order valence-electron chi connectivity index (χ0n) is 12.9. The average molecular weight is 335 g/mol. The van der Waals surface area contributed by atoms with Crippen molar-refractivity contribution >= 4 is 23.2 Å². The molecule has 22 heavy (non-hydrogen) atoms. The van der Waals surface area contributed by atoms with Crippen LogP contribution in [0.5, 0.6) is 0 Å². The number of ether oxygens (including phenoxy) is 1. The first-order chi connectivity index (χ1) is 10.4. The molecule has 0 amide bonds. The lowest BCUT2D eigenvalue weighted by Crippen LogP contribution is -2.30. The molecule has 0 aromatic heterocycles. The smallest absolute Gasteiger partial charge is 0.123 e. The number of alkyl halides is 2. The predicted molar refractivity (Wildman–Crippen MR) is 92.6 cm³/mol. The monoisotopic (exact) mass is 334 g/mol. The standard InChI is InChI=1S/C19H20Cl2O/c1-13-5-3-7-15(9-13)17-11-19(20,21)12-18(22-17)16-8-4-6-14(2)10-16/h3-10,17-18H,11-12H2,1-2H3/t17-,18+. The van der Waals surface area contributed by atoms with Gasteiger partial charge in [0, 0.05) is 12.8 Å². The van der Waals surface area contributed by atoms with Crippen LogP contribution in [0.4, 0.5) is 0 Å². The highest BCUT2D eigenvalue weighted by molar-refractivity contribution is 6.48. The molecule has 2 atom stereocenters. The molecule has 1 saturated heterocycles. The minimum atomic E-state index is -0.763. The summed E-state index contributed by atoms with van der Waals surface area (Å²) in [5.41, 5.74) is 4.72. The highest BCUT2D eigenvalue weighted by Crippen LogP contribution is 2.48. The fourth-order valence-corrected chi connectivity index (χ4v) is 3.61. The molecule has 1 fully saturated rings. The molecule has 0 radical (unpaired) electrons. The van der Waals surface area contributed by atoms with Gasteiger partial charge in [0.05, 0.1) is 12.2 Å². The van der Waals surface area contributed by atoms with Crippen LogP contribution in [0.2, 0.25) is 0 Å². The highest BCUT2D eigenvalue weighted by atomic mass is 35.5. The van der Waals surface area contributed by atoms with Crippen LogP contribution in [-0.2, 0) is 4.74 Å². The lowest BCUT2D eigenvalue weighted by molar-refractivity contribution is -0.0571. The van der Waals surface area contributed by atoms with Gasteiger partial charge in [-0.2, -0.15) is 0 Å². The second kappa shape index (κ2) is 6.23. The van der Waals surface area contributed by atoms with Crippen molar-refractivity contribution in [2.75, 3.05) is 0 Å². The summed E-state index contributed by atoms with van der Waals surface area (Å²) in [6.45, 7) is 4.16. The molecule has 1 nitrogen and oxygen atoms in total. The fourth-order valence-electron chi connectivity index (χ4n) is 3.05. The molecule has 0 N–H and O–H groups in total. The van der Waals surface area contributed by atoms with E-state index in [-0.39, 0.29) is 12.2 Å². The van der Waals surface area contributed by atoms with Gasteiger partial charge in [-0.15, -0.1) is 23.2 Å². The Morgan fingerprint density at radius 2 is 1.32 bits per heavy atom. The van der Waals surface area contributed by atoms with Crippen molar-refractivity contribution in [2.24, 2.45) is 0 Å². The molecule has 0 unspecified atom stereocenters. The third-order valence-electron chi connectivity index (χ3n) is 4.12. The first-order valence-corrected chi connectivity index (χ1v) is 8.35. The van der Waals surface area contributed by atoms with Crippen molar-refractivity contribution in [3.05, 3.63) is 70.8 Å². The zero-order valence-corrected chi connectivity index (χ0v) is 14.4. The van der Waals surface area contributed by atoms with E-state index in [0.29, 0.717) is 12.8 Å². The summed E-state index contributed by atoms with van der Waals surface area (Å²) in [5, 5.41) is 0. The maximum absolute atomic E-state index is 6.53. The van der Waals surface area contributed by atoms with E-state index in [4.69, 9.17) is 27.9 Å². The van der Waals surface area contributed by atoms with E-state index < -0.39 is 4.33 Å². The summed E-state index contributed by atoms with van der Waals surface area (Å²) in [6.07, 6.45) is 1.08. The van der Waals surface area contributed by atoms with Crippen molar-refractivity contribution in [1.82, 2.24) is 0 Å². The van der Waals surface area contributed by atoms with Crippen LogP contribution in [0.1, 0.15) is 47.3 Å². The van der Waals surface area contributed by atoms with Gasteiger partial charge in [-0.3, -0.25) is 0 Å². The lowest BCUT2D eigenvalue weighted by Gasteiger charge is -2.38. The molecule has 1 heterocycles. The second-order valence-corrected chi connectivity index (χ2v) is 7.85. The first-order valence-electron chi connectivity index (χ1n) is 7.59. The normalized spacial score (nSPS) is 24.2. The van der Waals surface area contributed by atoms with E-state index in [1.165, 1.54) is 11.1 Å². The van der Waals surface area contributed by atoms with E-state index in [9.17, 15) is 0 Å². The van der Waals surface area contributed by atoms with Crippen LogP contribution in [0.3, 0.4) is 0 Å². The third kappa shape index (κ3) is 3.65. The quantitative estimate of drug-likeness (QED) is 0.605. The number of aryl methyl sites for hydroxylation is 2. The Morgan fingerprint density at radius 3 is 1.73 bits per heavy atom. The summed E-state index contributed by atoms with van der Waals surface area (Å²) in [5.74, 6) is 0. The van der Waals surface area contributed by atoms with E-state index in [1.54, 1.807) is 0 Å². The number of halogens is 2. The van der Waals surface area contributed by atoms with Crippen molar-refractivity contribution in [3.8, 4) is 0 Å². The third-order valence-corrected chi connectivity index (χ3v) is 4.74. The van der Waals surface area contributed by atoms with Crippen molar-refractivity contribution < 1.29 is 4.74 Å². The number of rotatable bonds is 2. The summed E-state index contributed by atoms with van der Waals surface area (Å²) in [6, 6.07) is 16.7. The Bertz CT molecular complexity index is 610. The Balaban J connectivity index is 1.90. The molecule has 3 rings (SSSR count). The number of benzene rings is 2. The Kier molecular flexibility index (Phi) is 4.49.